The Morgan fingerprint density at radius 1 is 1.06 bits per heavy atom. The van der Waals surface area contributed by atoms with Crippen LogP contribution in [0.4, 0.5) is 11.5 Å². The number of aromatic nitrogens is 3. The molecule has 0 amide bonds. The summed E-state index contributed by atoms with van der Waals surface area (Å²) < 4.78 is 2.39. The van der Waals surface area contributed by atoms with Crippen LogP contribution >= 0.6 is 0 Å². The molecule has 1 fully saturated rings. The lowest BCUT2D eigenvalue weighted by Gasteiger charge is -2.34. The van der Waals surface area contributed by atoms with E-state index >= 15 is 0 Å². The van der Waals surface area contributed by atoms with Gasteiger partial charge < -0.3 is 9.80 Å². The molecule has 3 aromatic rings. The van der Waals surface area contributed by atoms with E-state index in [1.807, 2.05) is 12.3 Å². The van der Waals surface area contributed by atoms with Crippen molar-refractivity contribution in [1.82, 2.24) is 19.7 Å². The summed E-state index contributed by atoms with van der Waals surface area (Å²) in [5, 5.41) is 5.28. The summed E-state index contributed by atoms with van der Waals surface area (Å²) in [6.07, 6.45) is 9.04. The second-order valence-corrected chi connectivity index (χ2v) is 9.50. The third-order valence-electron chi connectivity index (χ3n) is 7.44. The van der Waals surface area contributed by atoms with E-state index < -0.39 is 0 Å². The van der Waals surface area contributed by atoms with Crippen molar-refractivity contribution >= 4 is 11.5 Å². The van der Waals surface area contributed by atoms with E-state index in [0.717, 1.165) is 50.3 Å². The van der Waals surface area contributed by atoms with Crippen molar-refractivity contribution in [3.05, 3.63) is 71.7 Å². The van der Waals surface area contributed by atoms with Crippen molar-refractivity contribution in [2.75, 3.05) is 18.0 Å². The van der Waals surface area contributed by atoms with Gasteiger partial charge in [0, 0.05) is 60.5 Å². The Balaban J connectivity index is 1.42. The average molecular weight is 426 g/mol. The van der Waals surface area contributed by atoms with E-state index in [1.54, 1.807) is 0 Å². The average Bonchev–Trinajstić information content (AvgIpc) is 3.16. The molecule has 32 heavy (non-hydrogen) atoms. The zero-order valence-electron chi connectivity index (χ0n) is 18.9. The Morgan fingerprint density at radius 2 is 1.97 bits per heavy atom. The second kappa shape index (κ2) is 7.80. The molecule has 1 aliphatic carbocycles. The van der Waals surface area contributed by atoms with Crippen LogP contribution in [-0.4, -0.2) is 32.8 Å². The van der Waals surface area contributed by atoms with Crippen molar-refractivity contribution in [3.8, 4) is 11.3 Å². The molecule has 2 aliphatic heterocycles. The van der Waals surface area contributed by atoms with Gasteiger partial charge in [0.05, 0.1) is 11.7 Å². The van der Waals surface area contributed by atoms with Gasteiger partial charge in [-0.3, -0.25) is 9.67 Å². The smallest absolute Gasteiger partial charge is 0.160 e. The van der Waals surface area contributed by atoms with Crippen LogP contribution in [-0.2, 0) is 19.4 Å². The summed E-state index contributed by atoms with van der Waals surface area (Å²) in [7, 11) is 0. The number of hydrogen-bond acceptors (Lipinski definition) is 4. The van der Waals surface area contributed by atoms with Gasteiger partial charge >= 0.3 is 0 Å². The van der Waals surface area contributed by atoms with Gasteiger partial charge in [-0.25, -0.2) is 0 Å². The molecule has 1 aromatic carbocycles. The van der Waals surface area contributed by atoms with Crippen LogP contribution in [0.15, 0.2) is 54.9 Å². The van der Waals surface area contributed by atoms with E-state index in [9.17, 15) is 0 Å². The number of benzene rings is 1. The molecule has 0 saturated heterocycles. The van der Waals surface area contributed by atoms with Gasteiger partial charge in [0.1, 0.15) is 0 Å². The maximum atomic E-state index is 5.28. The highest BCUT2D eigenvalue weighted by molar-refractivity contribution is 5.73. The van der Waals surface area contributed by atoms with Crippen LogP contribution in [0.3, 0.4) is 0 Å². The monoisotopic (exact) mass is 425 g/mol. The van der Waals surface area contributed by atoms with Gasteiger partial charge in [-0.15, -0.1) is 0 Å². The maximum Gasteiger partial charge on any atom is 0.160 e. The minimum absolute atomic E-state index is 0.588. The lowest BCUT2D eigenvalue weighted by molar-refractivity contribution is 0.267. The van der Waals surface area contributed by atoms with Crippen molar-refractivity contribution in [2.24, 2.45) is 0 Å². The van der Waals surface area contributed by atoms with E-state index in [2.05, 4.69) is 63.3 Å². The Labute approximate surface area is 190 Å². The molecule has 3 aliphatic rings. The predicted molar refractivity (Wildman–Crippen MR) is 129 cm³/mol. The predicted octanol–water partition coefficient (Wildman–Crippen LogP) is 5.65. The molecule has 2 aromatic heterocycles. The van der Waals surface area contributed by atoms with Gasteiger partial charge in [0.25, 0.3) is 0 Å². The summed E-state index contributed by atoms with van der Waals surface area (Å²) in [6, 6.07) is 13.5. The minimum atomic E-state index is 0.588. The van der Waals surface area contributed by atoms with Gasteiger partial charge in [0.2, 0.25) is 0 Å². The first kappa shape index (κ1) is 19.6. The molecule has 0 radical (unpaired) electrons. The summed E-state index contributed by atoms with van der Waals surface area (Å²) in [5.74, 6) is 1.17. The molecule has 0 N–H and O–H groups in total. The van der Waals surface area contributed by atoms with Crippen LogP contribution < -0.4 is 4.90 Å². The lowest BCUT2D eigenvalue weighted by Crippen LogP contribution is -2.32. The fraction of sp³-hybridized carbons (Fsp3) is 0.407. The van der Waals surface area contributed by atoms with Crippen molar-refractivity contribution in [3.63, 3.8) is 0 Å². The van der Waals surface area contributed by atoms with E-state index in [1.165, 1.54) is 53.2 Å². The number of pyridine rings is 1. The summed E-state index contributed by atoms with van der Waals surface area (Å²) in [6.45, 7) is 9.33. The van der Waals surface area contributed by atoms with Crippen molar-refractivity contribution in [1.29, 1.82) is 0 Å². The summed E-state index contributed by atoms with van der Waals surface area (Å²) in [4.78, 5) is 9.45. The van der Waals surface area contributed by atoms with Crippen LogP contribution in [0.5, 0.6) is 0 Å². The van der Waals surface area contributed by atoms with Gasteiger partial charge in [0.15, 0.2) is 5.82 Å². The first-order chi connectivity index (χ1) is 15.7. The number of fused-ring (bicyclic) bond motifs is 2. The number of hydrogen-bond donors (Lipinski definition) is 0. The molecule has 0 bridgehead atoms. The van der Waals surface area contributed by atoms with Crippen LogP contribution in [0.25, 0.3) is 11.3 Å². The molecule has 5 nitrogen and oxygen atoms in total. The molecule has 6 rings (SSSR count). The second-order valence-electron chi connectivity index (χ2n) is 9.50. The highest BCUT2D eigenvalue weighted by Gasteiger charge is 2.33. The Hall–Kier alpha value is -3.08. The molecule has 0 atom stereocenters. The number of allylic oxidation sites excluding steroid dienone is 1. The van der Waals surface area contributed by atoms with Crippen molar-refractivity contribution < 1.29 is 0 Å². The zero-order chi connectivity index (χ0) is 21.7. The molecule has 1 saturated carbocycles. The van der Waals surface area contributed by atoms with E-state index in [-0.39, 0.29) is 0 Å². The van der Waals surface area contributed by atoms with Crippen LogP contribution in [0.2, 0.25) is 0 Å². The van der Waals surface area contributed by atoms with Crippen molar-refractivity contribution in [2.45, 2.75) is 58.0 Å². The Bertz CT molecular complexity index is 1160. The zero-order valence-corrected chi connectivity index (χ0v) is 18.9. The SMILES string of the molecule is C=C(C)N1CCc2c(c(N3CCCc4cc(-c5ccccn5)ccc43)nn2C2CCC2)C1. The molecular weight excluding hydrogens is 394 g/mol. The number of rotatable bonds is 4. The third kappa shape index (κ3) is 3.22. The standard InChI is InChI=1S/C27H31N5/c1-19(2)30-16-13-26-23(18-30)27(29-32(26)22-8-5-9-22)31-15-6-7-21-17-20(11-12-25(21)31)24-10-3-4-14-28-24/h3-4,10-12,14,17,22H,1,5-9,13,15-16,18H2,2H3. The normalized spacial score (nSPS) is 18.2. The van der Waals surface area contributed by atoms with E-state index in [0.29, 0.717) is 6.04 Å². The van der Waals surface area contributed by atoms with Crippen LogP contribution in [0, 0.1) is 0 Å². The topological polar surface area (TPSA) is 37.2 Å². The lowest BCUT2D eigenvalue weighted by atomic mass is 9.92. The number of nitrogens with zero attached hydrogens (tertiary/aromatic N) is 5. The van der Waals surface area contributed by atoms with Gasteiger partial charge in [-0.1, -0.05) is 18.7 Å². The Kier molecular flexibility index (Phi) is 4.78. The fourth-order valence-electron chi connectivity index (χ4n) is 5.41. The highest BCUT2D eigenvalue weighted by atomic mass is 15.4. The maximum absolute atomic E-state index is 5.28. The number of aryl methyl sites for hydroxylation is 1. The van der Waals surface area contributed by atoms with Gasteiger partial charge in [-0.05, 0) is 68.9 Å². The molecule has 0 unspecified atom stereocenters. The third-order valence-corrected chi connectivity index (χ3v) is 7.44. The molecule has 5 heteroatoms. The Morgan fingerprint density at radius 3 is 2.72 bits per heavy atom. The quantitative estimate of drug-likeness (QED) is 0.542. The first-order valence-corrected chi connectivity index (χ1v) is 12.0. The summed E-state index contributed by atoms with van der Waals surface area (Å²) in [5.41, 5.74) is 8.96. The fourth-order valence-corrected chi connectivity index (χ4v) is 5.41. The number of anilines is 2. The minimum Gasteiger partial charge on any atom is -0.371 e. The van der Waals surface area contributed by atoms with Gasteiger partial charge in [-0.2, -0.15) is 5.10 Å². The van der Waals surface area contributed by atoms with Crippen LogP contribution in [0.1, 0.15) is 55.5 Å². The molecule has 4 heterocycles. The first-order valence-electron chi connectivity index (χ1n) is 12.0. The molecule has 0 spiro atoms. The summed E-state index contributed by atoms with van der Waals surface area (Å²) >= 11 is 0. The molecular formula is C27H31N5. The highest BCUT2D eigenvalue weighted by Crippen LogP contribution is 2.42. The molecule has 164 valence electrons. The van der Waals surface area contributed by atoms with E-state index in [4.69, 9.17) is 5.10 Å². The largest absolute Gasteiger partial charge is 0.371 e.